The first-order valence-corrected chi connectivity index (χ1v) is 8.00. The first kappa shape index (κ1) is 19.3. The Hall–Kier alpha value is -3.46. The number of aromatic nitrogens is 2. The molecule has 0 saturated carbocycles. The Morgan fingerprint density at radius 2 is 1.57 bits per heavy atom. The summed E-state index contributed by atoms with van der Waals surface area (Å²) in [5, 5.41) is 9.69. The van der Waals surface area contributed by atoms with Crippen LogP contribution in [0.3, 0.4) is 0 Å². The molecule has 3 aromatic rings. The van der Waals surface area contributed by atoms with E-state index in [4.69, 9.17) is 10.5 Å². The molecule has 1 heterocycles. The predicted octanol–water partition coefficient (Wildman–Crippen LogP) is 3.47. The summed E-state index contributed by atoms with van der Waals surface area (Å²) in [6.45, 7) is 0. The van der Waals surface area contributed by atoms with E-state index in [2.05, 4.69) is 9.97 Å². The van der Waals surface area contributed by atoms with Crippen molar-refractivity contribution in [1.82, 2.24) is 9.97 Å². The van der Waals surface area contributed by atoms with Crippen molar-refractivity contribution in [3.05, 3.63) is 72.1 Å². The van der Waals surface area contributed by atoms with Crippen LogP contribution in [-0.2, 0) is 11.0 Å². The zero-order chi connectivity index (χ0) is 20.3. The molecule has 0 spiro atoms. The minimum Gasteiger partial charge on any atom is -0.457 e. The van der Waals surface area contributed by atoms with Crippen molar-refractivity contribution in [3.8, 4) is 22.9 Å². The Morgan fingerprint density at radius 3 is 2.11 bits per heavy atom. The molecule has 3 rings (SSSR count). The van der Waals surface area contributed by atoms with Crippen LogP contribution in [0, 0.1) is 0 Å². The summed E-state index contributed by atoms with van der Waals surface area (Å²) in [7, 11) is 0. The first-order valence-electron chi connectivity index (χ1n) is 8.00. The van der Waals surface area contributed by atoms with Gasteiger partial charge in [0.05, 0.1) is 11.3 Å². The summed E-state index contributed by atoms with van der Waals surface area (Å²) in [6, 6.07) is 12.2. The highest BCUT2D eigenvalue weighted by Crippen LogP contribution is 2.31. The molecule has 0 radical (unpaired) electrons. The molecule has 0 bridgehead atoms. The number of benzene rings is 2. The molecule has 9 heteroatoms. The van der Waals surface area contributed by atoms with E-state index in [1.165, 1.54) is 24.4 Å². The third-order valence-corrected chi connectivity index (χ3v) is 3.76. The number of nitrogens with zero attached hydrogens (tertiary/aromatic N) is 2. The van der Waals surface area contributed by atoms with Gasteiger partial charge >= 0.3 is 6.18 Å². The minimum absolute atomic E-state index is 0.0718. The van der Waals surface area contributed by atoms with Crippen molar-refractivity contribution >= 4 is 5.91 Å². The number of aliphatic hydroxyl groups is 1. The maximum atomic E-state index is 12.6. The normalized spacial score (nSPS) is 12.4. The van der Waals surface area contributed by atoms with Gasteiger partial charge in [-0.15, -0.1) is 0 Å². The van der Waals surface area contributed by atoms with E-state index in [-0.39, 0.29) is 17.3 Å². The minimum atomic E-state index is -4.41. The Morgan fingerprint density at radius 1 is 1.00 bits per heavy atom. The third-order valence-electron chi connectivity index (χ3n) is 3.76. The Labute approximate surface area is 157 Å². The number of primary amides is 1. The molecule has 6 nitrogen and oxygen atoms in total. The van der Waals surface area contributed by atoms with Crippen LogP contribution in [0.1, 0.15) is 17.4 Å². The molecule has 1 atom stereocenters. The van der Waals surface area contributed by atoms with E-state index in [0.717, 1.165) is 12.1 Å². The molecule has 0 aliphatic heterocycles. The Kier molecular flexibility index (Phi) is 5.27. The fraction of sp³-hybridized carbons (Fsp3) is 0.105. The van der Waals surface area contributed by atoms with Gasteiger partial charge in [0.1, 0.15) is 11.5 Å². The fourth-order valence-electron chi connectivity index (χ4n) is 2.33. The third kappa shape index (κ3) is 4.44. The van der Waals surface area contributed by atoms with Crippen molar-refractivity contribution in [2.45, 2.75) is 12.3 Å². The predicted molar refractivity (Wildman–Crippen MR) is 93.1 cm³/mol. The van der Waals surface area contributed by atoms with Gasteiger partial charge in [-0.2, -0.15) is 13.2 Å². The topological polar surface area (TPSA) is 98.3 Å². The SMILES string of the molecule is NC(=O)C(O)c1ccnc(-c2ccc(Oc3ccc(C(F)(F)F)cc3)cc2)n1. The molecule has 144 valence electrons. The number of nitrogens with two attached hydrogens (primary N) is 1. The van der Waals surface area contributed by atoms with Crippen LogP contribution in [-0.4, -0.2) is 21.0 Å². The van der Waals surface area contributed by atoms with Crippen molar-refractivity contribution < 1.29 is 27.8 Å². The molecule has 1 amide bonds. The van der Waals surface area contributed by atoms with E-state index in [1.54, 1.807) is 24.3 Å². The van der Waals surface area contributed by atoms with Gasteiger partial charge < -0.3 is 15.6 Å². The maximum Gasteiger partial charge on any atom is 0.416 e. The lowest BCUT2D eigenvalue weighted by molar-refractivity contribution is -0.137. The van der Waals surface area contributed by atoms with Gasteiger partial charge in [0.15, 0.2) is 11.9 Å². The van der Waals surface area contributed by atoms with Crippen LogP contribution in [0.4, 0.5) is 13.2 Å². The number of ether oxygens (including phenoxy) is 1. The second-order valence-electron chi connectivity index (χ2n) is 5.76. The van der Waals surface area contributed by atoms with E-state index >= 15 is 0 Å². The lowest BCUT2D eigenvalue weighted by Crippen LogP contribution is -2.21. The second kappa shape index (κ2) is 7.65. The van der Waals surface area contributed by atoms with Crippen molar-refractivity contribution in [2.24, 2.45) is 5.73 Å². The van der Waals surface area contributed by atoms with Crippen molar-refractivity contribution in [2.75, 3.05) is 0 Å². The molecule has 0 saturated heterocycles. The van der Waals surface area contributed by atoms with Crippen LogP contribution >= 0.6 is 0 Å². The summed E-state index contributed by atoms with van der Waals surface area (Å²) in [4.78, 5) is 19.3. The highest BCUT2D eigenvalue weighted by molar-refractivity contribution is 5.79. The van der Waals surface area contributed by atoms with E-state index in [0.29, 0.717) is 11.3 Å². The maximum absolute atomic E-state index is 12.6. The smallest absolute Gasteiger partial charge is 0.416 e. The Balaban J connectivity index is 1.75. The number of carbonyl (C=O) groups is 1. The first-order chi connectivity index (χ1) is 13.2. The van der Waals surface area contributed by atoms with E-state index in [1.807, 2.05) is 0 Å². The standard InChI is InChI=1S/C19H14F3N3O3/c20-19(21,22)12-3-7-14(8-4-12)28-13-5-1-11(2-6-13)18-24-10-9-15(25-18)16(26)17(23)27/h1-10,16,26H,(H2,23,27). The zero-order valence-electron chi connectivity index (χ0n) is 14.2. The number of rotatable bonds is 5. The summed E-state index contributed by atoms with van der Waals surface area (Å²) >= 11 is 0. The van der Waals surface area contributed by atoms with Crippen LogP contribution < -0.4 is 10.5 Å². The van der Waals surface area contributed by atoms with Gasteiger partial charge in [-0.05, 0) is 54.6 Å². The lowest BCUT2D eigenvalue weighted by atomic mass is 10.2. The highest BCUT2D eigenvalue weighted by atomic mass is 19.4. The van der Waals surface area contributed by atoms with Crippen LogP contribution in [0.5, 0.6) is 11.5 Å². The lowest BCUT2D eigenvalue weighted by Gasteiger charge is -2.10. The monoisotopic (exact) mass is 389 g/mol. The number of alkyl halides is 3. The van der Waals surface area contributed by atoms with Crippen LogP contribution in [0.25, 0.3) is 11.4 Å². The molecule has 0 fully saturated rings. The molecular weight excluding hydrogens is 375 g/mol. The summed E-state index contributed by atoms with van der Waals surface area (Å²) in [5.74, 6) is -0.00997. The Bertz CT molecular complexity index is 974. The number of aliphatic hydroxyl groups excluding tert-OH is 1. The van der Waals surface area contributed by atoms with Crippen LogP contribution in [0.2, 0.25) is 0 Å². The fourth-order valence-corrected chi connectivity index (χ4v) is 2.33. The molecular formula is C19H14F3N3O3. The highest BCUT2D eigenvalue weighted by Gasteiger charge is 2.30. The number of halogens is 3. The van der Waals surface area contributed by atoms with Gasteiger partial charge in [-0.1, -0.05) is 0 Å². The number of hydrogen-bond donors (Lipinski definition) is 2. The quantitative estimate of drug-likeness (QED) is 0.696. The average Bonchev–Trinajstić information content (AvgIpc) is 2.68. The van der Waals surface area contributed by atoms with E-state index < -0.39 is 23.8 Å². The summed E-state index contributed by atoms with van der Waals surface area (Å²) < 4.78 is 43.3. The zero-order valence-corrected chi connectivity index (χ0v) is 14.2. The molecule has 28 heavy (non-hydrogen) atoms. The largest absolute Gasteiger partial charge is 0.457 e. The molecule has 2 aromatic carbocycles. The number of carbonyl (C=O) groups excluding carboxylic acids is 1. The average molecular weight is 389 g/mol. The van der Waals surface area contributed by atoms with Gasteiger partial charge in [0, 0.05) is 11.8 Å². The van der Waals surface area contributed by atoms with E-state index in [9.17, 15) is 23.1 Å². The molecule has 0 aliphatic rings. The molecule has 3 N–H and O–H groups in total. The number of hydrogen-bond acceptors (Lipinski definition) is 5. The summed E-state index contributed by atoms with van der Waals surface area (Å²) in [5.41, 5.74) is 4.95. The summed E-state index contributed by atoms with van der Waals surface area (Å²) in [6.07, 6.45) is -4.56. The van der Waals surface area contributed by atoms with Gasteiger partial charge in [-0.25, -0.2) is 9.97 Å². The molecule has 1 unspecified atom stereocenters. The van der Waals surface area contributed by atoms with Gasteiger partial charge in [0.25, 0.3) is 5.91 Å². The second-order valence-corrected chi connectivity index (χ2v) is 5.76. The molecule has 0 aliphatic carbocycles. The van der Waals surface area contributed by atoms with Gasteiger partial charge in [-0.3, -0.25) is 4.79 Å². The van der Waals surface area contributed by atoms with Gasteiger partial charge in [0.2, 0.25) is 0 Å². The van der Waals surface area contributed by atoms with Crippen molar-refractivity contribution in [3.63, 3.8) is 0 Å². The van der Waals surface area contributed by atoms with Crippen LogP contribution in [0.15, 0.2) is 60.8 Å². The number of amides is 1. The van der Waals surface area contributed by atoms with Crippen molar-refractivity contribution in [1.29, 1.82) is 0 Å². The molecule has 1 aromatic heterocycles.